The summed E-state index contributed by atoms with van der Waals surface area (Å²) in [4.78, 5) is 2.50. The third kappa shape index (κ3) is 2.55. The SMILES string of the molecule is CC1=CC[C@H](c2ccccc2)N(c2ccccc2)C1. The molecule has 1 heterocycles. The van der Waals surface area contributed by atoms with Crippen molar-refractivity contribution < 1.29 is 0 Å². The van der Waals surface area contributed by atoms with Crippen LogP contribution >= 0.6 is 0 Å². The van der Waals surface area contributed by atoms with E-state index in [1.54, 1.807) is 0 Å². The van der Waals surface area contributed by atoms with Crippen molar-refractivity contribution in [1.29, 1.82) is 0 Å². The molecule has 19 heavy (non-hydrogen) atoms. The second-order valence-corrected chi connectivity index (χ2v) is 5.18. The van der Waals surface area contributed by atoms with E-state index in [2.05, 4.69) is 78.6 Å². The van der Waals surface area contributed by atoms with Crippen molar-refractivity contribution in [2.24, 2.45) is 0 Å². The van der Waals surface area contributed by atoms with Gasteiger partial charge in [-0.2, -0.15) is 0 Å². The van der Waals surface area contributed by atoms with Crippen LogP contribution in [0.5, 0.6) is 0 Å². The van der Waals surface area contributed by atoms with Gasteiger partial charge in [-0.15, -0.1) is 0 Å². The normalized spacial score (nSPS) is 19.1. The molecule has 96 valence electrons. The molecule has 1 aliphatic heterocycles. The average Bonchev–Trinajstić information content (AvgIpc) is 2.49. The second kappa shape index (κ2) is 5.31. The first kappa shape index (κ1) is 12.0. The van der Waals surface area contributed by atoms with E-state index in [9.17, 15) is 0 Å². The van der Waals surface area contributed by atoms with Gasteiger partial charge in [0.05, 0.1) is 6.04 Å². The van der Waals surface area contributed by atoms with Gasteiger partial charge in [0.2, 0.25) is 0 Å². The maximum atomic E-state index is 2.50. The molecular formula is C18H19N. The first-order valence-electron chi connectivity index (χ1n) is 6.87. The van der Waals surface area contributed by atoms with Crippen LogP contribution in [0.3, 0.4) is 0 Å². The lowest BCUT2D eigenvalue weighted by Gasteiger charge is -2.37. The first-order valence-corrected chi connectivity index (χ1v) is 6.87. The van der Waals surface area contributed by atoms with Gasteiger partial charge in [0.15, 0.2) is 0 Å². The van der Waals surface area contributed by atoms with Crippen LogP contribution < -0.4 is 4.90 Å². The Morgan fingerprint density at radius 3 is 2.21 bits per heavy atom. The summed E-state index contributed by atoms with van der Waals surface area (Å²) in [7, 11) is 0. The zero-order valence-electron chi connectivity index (χ0n) is 11.3. The summed E-state index contributed by atoms with van der Waals surface area (Å²) in [6.45, 7) is 3.24. The molecule has 1 atom stereocenters. The molecule has 0 saturated carbocycles. The standard InChI is InChI=1S/C18H19N/c1-15-12-13-18(16-8-4-2-5-9-16)19(14-15)17-10-6-3-7-11-17/h2-12,18H,13-14H2,1H3/t18-/m1/s1. The highest BCUT2D eigenvalue weighted by Gasteiger charge is 2.23. The lowest BCUT2D eigenvalue weighted by atomic mass is 9.96. The molecule has 0 amide bonds. The Balaban J connectivity index is 1.97. The molecule has 0 N–H and O–H groups in total. The van der Waals surface area contributed by atoms with E-state index in [1.165, 1.54) is 16.8 Å². The summed E-state index contributed by atoms with van der Waals surface area (Å²) < 4.78 is 0. The van der Waals surface area contributed by atoms with Crippen molar-refractivity contribution in [2.45, 2.75) is 19.4 Å². The van der Waals surface area contributed by atoms with E-state index in [1.807, 2.05) is 0 Å². The van der Waals surface area contributed by atoms with Crippen LogP contribution in [0.4, 0.5) is 5.69 Å². The van der Waals surface area contributed by atoms with Crippen LogP contribution in [0.15, 0.2) is 72.3 Å². The molecule has 0 aromatic heterocycles. The van der Waals surface area contributed by atoms with Gasteiger partial charge in [0.1, 0.15) is 0 Å². The number of benzene rings is 2. The van der Waals surface area contributed by atoms with Gasteiger partial charge in [0, 0.05) is 12.2 Å². The van der Waals surface area contributed by atoms with Crippen LogP contribution in [-0.4, -0.2) is 6.54 Å². The number of para-hydroxylation sites is 1. The summed E-state index contributed by atoms with van der Waals surface area (Å²) in [5.74, 6) is 0. The maximum Gasteiger partial charge on any atom is 0.0580 e. The fraction of sp³-hybridized carbons (Fsp3) is 0.222. The molecule has 0 fully saturated rings. The van der Waals surface area contributed by atoms with Gasteiger partial charge in [-0.25, -0.2) is 0 Å². The topological polar surface area (TPSA) is 3.24 Å². The number of nitrogens with zero attached hydrogens (tertiary/aromatic N) is 1. The van der Waals surface area contributed by atoms with Crippen LogP contribution in [0.1, 0.15) is 24.9 Å². The quantitative estimate of drug-likeness (QED) is 0.704. The molecule has 0 bridgehead atoms. The van der Waals surface area contributed by atoms with Crippen molar-refractivity contribution in [3.8, 4) is 0 Å². The molecule has 0 unspecified atom stereocenters. The Hall–Kier alpha value is -2.02. The molecule has 1 heteroatoms. The highest BCUT2D eigenvalue weighted by Crippen LogP contribution is 2.33. The van der Waals surface area contributed by atoms with Crippen LogP contribution in [0, 0.1) is 0 Å². The van der Waals surface area contributed by atoms with E-state index >= 15 is 0 Å². The molecule has 0 radical (unpaired) electrons. The first-order chi connectivity index (χ1) is 9.34. The van der Waals surface area contributed by atoms with Gasteiger partial charge in [0.25, 0.3) is 0 Å². The lowest BCUT2D eigenvalue weighted by molar-refractivity contribution is 0.621. The Labute approximate surface area is 115 Å². The Bertz CT molecular complexity index is 557. The summed E-state index contributed by atoms with van der Waals surface area (Å²) in [5, 5.41) is 0. The van der Waals surface area contributed by atoms with E-state index in [4.69, 9.17) is 0 Å². The highest BCUT2D eigenvalue weighted by molar-refractivity contribution is 5.51. The van der Waals surface area contributed by atoms with Crippen LogP contribution in [0.2, 0.25) is 0 Å². The summed E-state index contributed by atoms with van der Waals surface area (Å²) in [6.07, 6.45) is 3.46. The predicted octanol–water partition coefficient (Wildman–Crippen LogP) is 4.58. The van der Waals surface area contributed by atoms with Crippen LogP contribution in [0.25, 0.3) is 0 Å². The molecule has 0 aliphatic carbocycles. The second-order valence-electron chi connectivity index (χ2n) is 5.18. The van der Waals surface area contributed by atoms with Crippen molar-refractivity contribution in [3.05, 3.63) is 77.9 Å². The fourth-order valence-electron chi connectivity index (χ4n) is 2.77. The van der Waals surface area contributed by atoms with Gasteiger partial charge < -0.3 is 4.90 Å². The van der Waals surface area contributed by atoms with Gasteiger partial charge in [-0.1, -0.05) is 60.2 Å². The maximum absolute atomic E-state index is 2.50. The molecule has 1 aliphatic rings. The zero-order valence-corrected chi connectivity index (χ0v) is 11.3. The molecule has 0 saturated heterocycles. The number of hydrogen-bond donors (Lipinski definition) is 0. The van der Waals surface area contributed by atoms with Gasteiger partial charge in [-0.3, -0.25) is 0 Å². The summed E-state index contributed by atoms with van der Waals surface area (Å²) in [5.41, 5.74) is 4.16. The third-order valence-electron chi connectivity index (χ3n) is 3.76. The van der Waals surface area contributed by atoms with Gasteiger partial charge in [-0.05, 0) is 31.0 Å². The van der Waals surface area contributed by atoms with E-state index < -0.39 is 0 Å². The Kier molecular flexibility index (Phi) is 3.37. The molecule has 0 spiro atoms. The highest BCUT2D eigenvalue weighted by atomic mass is 15.2. The largest absolute Gasteiger partial charge is 0.360 e. The van der Waals surface area contributed by atoms with E-state index in [-0.39, 0.29) is 0 Å². The Morgan fingerprint density at radius 1 is 0.895 bits per heavy atom. The van der Waals surface area contributed by atoms with E-state index in [0.717, 1.165) is 13.0 Å². The predicted molar refractivity (Wildman–Crippen MR) is 81.3 cm³/mol. The number of rotatable bonds is 2. The van der Waals surface area contributed by atoms with Gasteiger partial charge >= 0.3 is 0 Å². The lowest BCUT2D eigenvalue weighted by Crippen LogP contribution is -2.32. The summed E-state index contributed by atoms with van der Waals surface area (Å²) in [6, 6.07) is 22.0. The monoisotopic (exact) mass is 249 g/mol. The minimum absolute atomic E-state index is 0.451. The van der Waals surface area contributed by atoms with Crippen molar-refractivity contribution >= 4 is 5.69 Å². The van der Waals surface area contributed by atoms with E-state index in [0.29, 0.717) is 6.04 Å². The number of anilines is 1. The molecular weight excluding hydrogens is 230 g/mol. The third-order valence-corrected chi connectivity index (χ3v) is 3.76. The number of hydrogen-bond acceptors (Lipinski definition) is 1. The Morgan fingerprint density at radius 2 is 1.53 bits per heavy atom. The molecule has 3 rings (SSSR count). The van der Waals surface area contributed by atoms with Crippen molar-refractivity contribution in [2.75, 3.05) is 11.4 Å². The molecule has 2 aromatic rings. The van der Waals surface area contributed by atoms with Crippen molar-refractivity contribution in [3.63, 3.8) is 0 Å². The zero-order chi connectivity index (χ0) is 13.1. The van der Waals surface area contributed by atoms with Crippen LogP contribution in [-0.2, 0) is 0 Å². The molecule has 1 nitrogen and oxygen atoms in total. The summed E-state index contributed by atoms with van der Waals surface area (Å²) >= 11 is 0. The van der Waals surface area contributed by atoms with Crippen molar-refractivity contribution in [1.82, 2.24) is 0 Å². The minimum Gasteiger partial charge on any atom is -0.360 e. The molecule has 2 aromatic carbocycles. The average molecular weight is 249 g/mol. The smallest absolute Gasteiger partial charge is 0.0580 e. The fourth-order valence-corrected chi connectivity index (χ4v) is 2.77. The minimum atomic E-state index is 0.451.